The van der Waals surface area contributed by atoms with Crippen molar-refractivity contribution in [2.75, 3.05) is 26.3 Å². The molecule has 0 heterocycles. The lowest BCUT2D eigenvalue weighted by atomic mass is 10.6. The Morgan fingerprint density at radius 2 is 1.38 bits per heavy atom. The van der Waals surface area contributed by atoms with Crippen molar-refractivity contribution in [1.29, 1.82) is 0 Å². The molecule has 4 heteroatoms. The smallest absolute Gasteiger partial charge is 0.0555 e. The minimum absolute atomic E-state index is 0. The van der Waals surface area contributed by atoms with Crippen molar-refractivity contribution in [3.05, 3.63) is 0 Å². The minimum Gasteiger partial charge on any atom is -0.395 e. The Balaban J connectivity index is 0. The maximum atomic E-state index is 8.15. The van der Waals surface area contributed by atoms with Gasteiger partial charge in [0.1, 0.15) is 0 Å². The molecule has 0 bridgehead atoms. The minimum atomic E-state index is 0. The van der Waals surface area contributed by atoms with Gasteiger partial charge < -0.3 is 15.5 Å². The standard InChI is InChI=1S/C4H11NO2.Mg/c6-3-1-5-2-4-7;/h5-7H,1-4H2;. The first-order chi connectivity index (χ1) is 3.41. The molecule has 0 atom stereocenters. The second-order valence-corrected chi connectivity index (χ2v) is 1.20. The van der Waals surface area contributed by atoms with E-state index in [0.29, 0.717) is 13.1 Å². The highest BCUT2D eigenvalue weighted by atomic mass is 24.3. The quantitative estimate of drug-likeness (QED) is 0.310. The summed E-state index contributed by atoms with van der Waals surface area (Å²) in [6.07, 6.45) is 0. The van der Waals surface area contributed by atoms with Gasteiger partial charge in [-0.25, -0.2) is 0 Å². The zero-order chi connectivity index (χ0) is 5.54. The van der Waals surface area contributed by atoms with Crippen molar-refractivity contribution in [3.63, 3.8) is 0 Å². The molecule has 3 nitrogen and oxygen atoms in total. The van der Waals surface area contributed by atoms with Gasteiger partial charge in [-0.2, -0.15) is 0 Å². The third-order valence-electron chi connectivity index (χ3n) is 0.577. The normalized spacial score (nSPS) is 8.25. The third kappa shape index (κ3) is 9.82. The van der Waals surface area contributed by atoms with E-state index in [1.165, 1.54) is 0 Å². The number of hydrogen-bond acceptors (Lipinski definition) is 3. The van der Waals surface area contributed by atoms with E-state index < -0.39 is 0 Å². The van der Waals surface area contributed by atoms with Crippen LogP contribution < -0.4 is 5.32 Å². The molecule has 46 valence electrons. The summed E-state index contributed by atoms with van der Waals surface area (Å²) in [5, 5.41) is 19.1. The van der Waals surface area contributed by atoms with Crippen molar-refractivity contribution in [2.24, 2.45) is 0 Å². The van der Waals surface area contributed by atoms with Crippen LogP contribution in [0.5, 0.6) is 0 Å². The van der Waals surface area contributed by atoms with Gasteiger partial charge in [0.2, 0.25) is 0 Å². The first kappa shape index (κ1) is 11.4. The number of rotatable bonds is 4. The summed E-state index contributed by atoms with van der Waals surface area (Å²) in [5.74, 6) is 0. The first-order valence-corrected chi connectivity index (χ1v) is 2.34. The van der Waals surface area contributed by atoms with E-state index >= 15 is 0 Å². The van der Waals surface area contributed by atoms with Crippen LogP contribution in [0, 0.1) is 0 Å². The summed E-state index contributed by atoms with van der Waals surface area (Å²) in [4.78, 5) is 0. The summed E-state index contributed by atoms with van der Waals surface area (Å²) in [6.45, 7) is 1.42. The molecule has 0 aromatic rings. The van der Waals surface area contributed by atoms with Crippen molar-refractivity contribution in [3.8, 4) is 0 Å². The molecule has 0 aromatic heterocycles. The van der Waals surface area contributed by atoms with Gasteiger partial charge >= 0.3 is 0 Å². The van der Waals surface area contributed by atoms with Gasteiger partial charge in [-0.05, 0) is 0 Å². The fourth-order valence-corrected chi connectivity index (χ4v) is 0.283. The monoisotopic (exact) mass is 129 g/mol. The third-order valence-corrected chi connectivity index (χ3v) is 0.577. The fourth-order valence-electron chi connectivity index (χ4n) is 0.283. The van der Waals surface area contributed by atoms with Gasteiger partial charge in [0.15, 0.2) is 0 Å². The van der Waals surface area contributed by atoms with Crippen molar-refractivity contribution >= 4 is 23.1 Å². The van der Waals surface area contributed by atoms with Crippen LogP contribution in [0.15, 0.2) is 0 Å². The molecule has 0 rings (SSSR count). The molecule has 0 aliphatic rings. The second kappa shape index (κ2) is 10.6. The van der Waals surface area contributed by atoms with Crippen LogP contribution in [0.25, 0.3) is 0 Å². The zero-order valence-corrected chi connectivity index (χ0v) is 6.34. The Bertz CT molecular complexity index is 33.2. The Hall–Kier alpha value is 0.646. The van der Waals surface area contributed by atoms with E-state index in [4.69, 9.17) is 10.2 Å². The topological polar surface area (TPSA) is 52.5 Å². The number of aliphatic hydroxyl groups is 2. The van der Waals surface area contributed by atoms with E-state index in [0.717, 1.165) is 0 Å². The van der Waals surface area contributed by atoms with Crippen LogP contribution in [0.4, 0.5) is 0 Å². The van der Waals surface area contributed by atoms with Crippen molar-refractivity contribution in [1.82, 2.24) is 5.32 Å². The van der Waals surface area contributed by atoms with Gasteiger partial charge in [-0.3, -0.25) is 0 Å². The van der Waals surface area contributed by atoms with E-state index in [9.17, 15) is 0 Å². The molecule has 0 aliphatic carbocycles. The maximum Gasteiger partial charge on any atom is 0.0555 e. The predicted octanol–water partition coefficient (Wildman–Crippen LogP) is -1.82. The molecular formula is C4H11MgNO2. The van der Waals surface area contributed by atoms with Crippen molar-refractivity contribution < 1.29 is 10.2 Å². The highest BCUT2D eigenvalue weighted by molar-refractivity contribution is 5.75. The Morgan fingerprint density at radius 3 is 1.62 bits per heavy atom. The summed E-state index contributed by atoms with van der Waals surface area (Å²) in [5.41, 5.74) is 0. The van der Waals surface area contributed by atoms with Gasteiger partial charge in [0.25, 0.3) is 0 Å². The molecule has 0 saturated heterocycles. The van der Waals surface area contributed by atoms with E-state index in [-0.39, 0.29) is 36.3 Å². The number of aliphatic hydroxyl groups excluding tert-OH is 2. The Morgan fingerprint density at radius 1 is 1.00 bits per heavy atom. The highest BCUT2D eigenvalue weighted by Crippen LogP contribution is 1.54. The second-order valence-electron chi connectivity index (χ2n) is 1.20. The summed E-state index contributed by atoms with van der Waals surface area (Å²) in [7, 11) is 0. The lowest BCUT2D eigenvalue weighted by Crippen LogP contribution is -2.21. The molecule has 0 unspecified atom stereocenters. The summed E-state index contributed by atoms with van der Waals surface area (Å²) in [6, 6.07) is 0. The molecule has 3 N–H and O–H groups in total. The Kier molecular flexibility index (Phi) is 15.2. The lowest BCUT2D eigenvalue weighted by molar-refractivity contribution is 0.267. The molecule has 8 heavy (non-hydrogen) atoms. The summed E-state index contributed by atoms with van der Waals surface area (Å²) >= 11 is 0. The van der Waals surface area contributed by atoms with E-state index in [1.54, 1.807) is 0 Å². The highest BCUT2D eigenvalue weighted by Gasteiger charge is 1.78. The summed E-state index contributed by atoms with van der Waals surface area (Å²) < 4.78 is 0. The van der Waals surface area contributed by atoms with Crippen LogP contribution in [0.1, 0.15) is 0 Å². The number of nitrogens with one attached hydrogen (secondary N) is 1. The molecule has 0 fully saturated rings. The predicted molar refractivity (Wildman–Crippen MR) is 32.8 cm³/mol. The zero-order valence-electron chi connectivity index (χ0n) is 4.93. The molecule has 0 spiro atoms. The van der Waals surface area contributed by atoms with Gasteiger partial charge in [-0.1, -0.05) is 0 Å². The molecule has 2 radical (unpaired) electrons. The molecular weight excluding hydrogens is 118 g/mol. The van der Waals surface area contributed by atoms with Crippen LogP contribution >= 0.6 is 0 Å². The van der Waals surface area contributed by atoms with Crippen molar-refractivity contribution in [2.45, 2.75) is 0 Å². The fraction of sp³-hybridized carbons (Fsp3) is 1.00. The van der Waals surface area contributed by atoms with Crippen LogP contribution in [0.3, 0.4) is 0 Å². The largest absolute Gasteiger partial charge is 0.395 e. The van der Waals surface area contributed by atoms with E-state index in [2.05, 4.69) is 5.32 Å². The Labute approximate surface area is 65.2 Å². The SMILES string of the molecule is OCCNCCO.[Mg]. The molecule has 0 aliphatic heterocycles. The lowest BCUT2D eigenvalue weighted by Gasteiger charge is -1.94. The van der Waals surface area contributed by atoms with Crippen LogP contribution in [0.2, 0.25) is 0 Å². The van der Waals surface area contributed by atoms with Gasteiger partial charge in [-0.15, -0.1) is 0 Å². The number of hydrogen-bond donors (Lipinski definition) is 3. The molecule has 0 saturated carbocycles. The van der Waals surface area contributed by atoms with Gasteiger partial charge in [0.05, 0.1) is 13.2 Å². The van der Waals surface area contributed by atoms with Crippen LogP contribution in [-0.4, -0.2) is 59.6 Å². The average Bonchev–Trinajstić information content (AvgIpc) is 1.69. The average molecular weight is 129 g/mol. The van der Waals surface area contributed by atoms with Gasteiger partial charge in [0, 0.05) is 36.1 Å². The molecule has 0 aromatic carbocycles. The molecule has 0 amide bonds. The first-order valence-electron chi connectivity index (χ1n) is 2.34. The maximum absolute atomic E-state index is 8.15. The van der Waals surface area contributed by atoms with Crippen LogP contribution in [-0.2, 0) is 0 Å². The van der Waals surface area contributed by atoms with E-state index in [1.807, 2.05) is 0 Å².